The molecule has 1 aliphatic heterocycles. The number of ether oxygens (including phenoxy) is 2. The predicted octanol–water partition coefficient (Wildman–Crippen LogP) is 6.90. The van der Waals surface area contributed by atoms with Crippen LogP contribution in [0.15, 0.2) is 66.7 Å². The molecule has 1 atom stereocenters. The maximum Gasteiger partial charge on any atom is 0.164 e. The van der Waals surface area contributed by atoms with E-state index >= 15 is 0 Å². The van der Waals surface area contributed by atoms with E-state index in [9.17, 15) is 9.65 Å². The molecule has 0 spiro atoms. The molecule has 206 valence electrons. The quantitative estimate of drug-likeness (QED) is 0.225. The van der Waals surface area contributed by atoms with Crippen LogP contribution in [0.4, 0.5) is 4.39 Å². The zero-order valence-electron chi connectivity index (χ0n) is 23.2. The number of hydrogen-bond donors (Lipinski definition) is 0. The molecule has 0 bridgehead atoms. The van der Waals surface area contributed by atoms with Crippen LogP contribution in [0, 0.1) is 24.1 Å². The number of nitriles is 1. The minimum atomic E-state index is -0.340. The molecule has 3 aromatic carbocycles. The van der Waals surface area contributed by atoms with Crippen molar-refractivity contribution in [3.05, 3.63) is 94.8 Å². The van der Waals surface area contributed by atoms with E-state index in [4.69, 9.17) is 9.47 Å². The highest BCUT2D eigenvalue weighted by molar-refractivity contribution is 5.41. The summed E-state index contributed by atoms with van der Waals surface area (Å²) >= 11 is 0. The first-order valence-electron chi connectivity index (χ1n) is 14.1. The minimum Gasteiger partial charge on any atom is -0.488 e. The highest BCUT2D eigenvalue weighted by Gasteiger charge is 2.25. The SMILES string of the molecule is CCCCCC(c1ccc(C#N)c(C)c1)N1CCN(CCOc2ccc(F)cc2OCc2ccccc2)CC1. The molecule has 1 fully saturated rings. The van der Waals surface area contributed by atoms with Gasteiger partial charge in [-0.2, -0.15) is 5.26 Å². The number of benzene rings is 3. The molecule has 1 aliphatic rings. The molecule has 1 heterocycles. The molecule has 1 unspecified atom stereocenters. The molecular weight excluding hydrogens is 489 g/mol. The van der Waals surface area contributed by atoms with Crippen LogP contribution in [0.5, 0.6) is 11.5 Å². The Morgan fingerprint density at radius 3 is 2.44 bits per heavy atom. The number of hydrogen-bond acceptors (Lipinski definition) is 5. The van der Waals surface area contributed by atoms with E-state index in [1.807, 2.05) is 43.3 Å². The topological polar surface area (TPSA) is 48.7 Å². The lowest BCUT2D eigenvalue weighted by Crippen LogP contribution is -2.48. The molecule has 1 saturated heterocycles. The van der Waals surface area contributed by atoms with Gasteiger partial charge in [0.2, 0.25) is 0 Å². The second kappa shape index (κ2) is 14.7. The second-order valence-corrected chi connectivity index (χ2v) is 10.3. The lowest BCUT2D eigenvalue weighted by Gasteiger charge is -2.39. The van der Waals surface area contributed by atoms with Crippen LogP contribution in [0.3, 0.4) is 0 Å². The summed E-state index contributed by atoms with van der Waals surface area (Å²) < 4.78 is 25.8. The second-order valence-electron chi connectivity index (χ2n) is 10.3. The molecule has 5 nitrogen and oxygen atoms in total. The fourth-order valence-corrected chi connectivity index (χ4v) is 5.20. The van der Waals surface area contributed by atoms with Crippen LogP contribution in [-0.4, -0.2) is 49.1 Å². The number of aryl methyl sites for hydroxylation is 1. The summed E-state index contributed by atoms with van der Waals surface area (Å²) in [5.41, 5.74) is 4.15. The molecule has 39 heavy (non-hydrogen) atoms. The standard InChI is InChI=1S/C33H40FN3O2/c1-3-4-6-11-31(28-12-13-29(24-35)26(2)22-28)37-18-16-36(17-19-37)20-21-38-32-15-14-30(34)23-33(32)39-25-27-9-7-5-8-10-27/h5,7-10,12-15,22-23,31H,3-4,6,11,16-21,25H2,1-2H3. The first-order valence-corrected chi connectivity index (χ1v) is 14.1. The number of nitrogens with zero attached hydrogens (tertiary/aromatic N) is 3. The lowest BCUT2D eigenvalue weighted by molar-refractivity contribution is 0.0813. The van der Waals surface area contributed by atoms with E-state index in [0.717, 1.165) is 55.8 Å². The van der Waals surface area contributed by atoms with E-state index in [2.05, 4.69) is 34.9 Å². The summed E-state index contributed by atoms with van der Waals surface area (Å²) in [6.45, 7) is 9.90. The Morgan fingerprint density at radius 1 is 0.923 bits per heavy atom. The third-order valence-corrected chi connectivity index (χ3v) is 7.49. The van der Waals surface area contributed by atoms with Crippen LogP contribution in [0.2, 0.25) is 0 Å². The van der Waals surface area contributed by atoms with Gasteiger partial charge in [0, 0.05) is 44.8 Å². The van der Waals surface area contributed by atoms with Crippen molar-refractivity contribution < 1.29 is 13.9 Å². The van der Waals surface area contributed by atoms with Crippen molar-refractivity contribution in [1.82, 2.24) is 9.80 Å². The number of unbranched alkanes of at least 4 members (excludes halogenated alkanes) is 2. The Hall–Kier alpha value is -3.40. The van der Waals surface area contributed by atoms with Gasteiger partial charge in [0.1, 0.15) is 19.0 Å². The zero-order valence-corrected chi connectivity index (χ0v) is 23.2. The van der Waals surface area contributed by atoms with Gasteiger partial charge in [-0.05, 0) is 48.2 Å². The van der Waals surface area contributed by atoms with E-state index < -0.39 is 0 Å². The Morgan fingerprint density at radius 2 is 1.72 bits per heavy atom. The molecular formula is C33H40FN3O2. The Labute approximate surface area is 232 Å². The van der Waals surface area contributed by atoms with Gasteiger partial charge in [-0.25, -0.2) is 4.39 Å². The van der Waals surface area contributed by atoms with E-state index in [-0.39, 0.29) is 5.82 Å². The smallest absolute Gasteiger partial charge is 0.164 e. The predicted molar refractivity (Wildman–Crippen MR) is 153 cm³/mol. The van der Waals surface area contributed by atoms with Crippen molar-refractivity contribution in [3.8, 4) is 17.6 Å². The summed E-state index contributed by atoms with van der Waals surface area (Å²) in [7, 11) is 0. The Kier molecular flexibility index (Phi) is 10.8. The van der Waals surface area contributed by atoms with Gasteiger partial charge in [0.05, 0.1) is 11.6 Å². The Balaban J connectivity index is 1.29. The first kappa shape index (κ1) is 28.6. The van der Waals surface area contributed by atoms with Crippen molar-refractivity contribution >= 4 is 0 Å². The summed E-state index contributed by atoms with van der Waals surface area (Å²) in [5, 5.41) is 9.34. The highest BCUT2D eigenvalue weighted by atomic mass is 19.1. The highest BCUT2D eigenvalue weighted by Crippen LogP contribution is 2.30. The normalized spacial score (nSPS) is 15.0. The van der Waals surface area contributed by atoms with Crippen molar-refractivity contribution in [2.75, 3.05) is 39.3 Å². The summed E-state index contributed by atoms with van der Waals surface area (Å²) in [6.07, 6.45) is 4.79. The van der Waals surface area contributed by atoms with Crippen molar-refractivity contribution in [2.45, 2.75) is 52.2 Å². The number of rotatable bonds is 13. The molecule has 4 rings (SSSR count). The van der Waals surface area contributed by atoms with E-state index in [0.29, 0.717) is 30.8 Å². The van der Waals surface area contributed by atoms with Gasteiger partial charge in [-0.1, -0.05) is 68.7 Å². The average Bonchev–Trinajstić information content (AvgIpc) is 2.96. The first-order chi connectivity index (χ1) is 19.1. The molecule has 0 aromatic heterocycles. The third kappa shape index (κ3) is 8.29. The fourth-order valence-electron chi connectivity index (χ4n) is 5.20. The molecule has 3 aromatic rings. The van der Waals surface area contributed by atoms with E-state index in [1.54, 1.807) is 6.07 Å². The van der Waals surface area contributed by atoms with Crippen molar-refractivity contribution in [1.29, 1.82) is 5.26 Å². The van der Waals surface area contributed by atoms with Gasteiger partial charge in [-0.15, -0.1) is 0 Å². The molecule has 0 N–H and O–H groups in total. The fraction of sp³-hybridized carbons (Fsp3) is 0.424. The van der Waals surface area contributed by atoms with Crippen molar-refractivity contribution in [2.24, 2.45) is 0 Å². The van der Waals surface area contributed by atoms with Gasteiger partial charge in [-0.3, -0.25) is 9.80 Å². The monoisotopic (exact) mass is 529 g/mol. The van der Waals surface area contributed by atoms with Crippen LogP contribution >= 0.6 is 0 Å². The molecule has 0 radical (unpaired) electrons. The van der Waals surface area contributed by atoms with Gasteiger partial charge in [0.25, 0.3) is 0 Å². The minimum absolute atomic E-state index is 0.340. The summed E-state index contributed by atoms with van der Waals surface area (Å²) in [6, 6.07) is 23.3. The van der Waals surface area contributed by atoms with Crippen molar-refractivity contribution in [3.63, 3.8) is 0 Å². The Bertz CT molecular complexity index is 1220. The van der Waals surface area contributed by atoms with Crippen LogP contribution in [-0.2, 0) is 6.61 Å². The summed E-state index contributed by atoms with van der Waals surface area (Å²) in [5.74, 6) is 0.655. The lowest BCUT2D eigenvalue weighted by atomic mass is 9.95. The van der Waals surface area contributed by atoms with Gasteiger partial charge < -0.3 is 9.47 Å². The molecule has 0 aliphatic carbocycles. The molecule has 0 amide bonds. The van der Waals surface area contributed by atoms with Crippen LogP contribution in [0.1, 0.15) is 60.9 Å². The van der Waals surface area contributed by atoms with Crippen LogP contribution < -0.4 is 9.47 Å². The van der Waals surface area contributed by atoms with Crippen LogP contribution in [0.25, 0.3) is 0 Å². The largest absolute Gasteiger partial charge is 0.488 e. The third-order valence-electron chi connectivity index (χ3n) is 7.49. The number of halogens is 1. The summed E-state index contributed by atoms with van der Waals surface area (Å²) in [4.78, 5) is 5.03. The zero-order chi connectivity index (χ0) is 27.5. The molecule has 6 heteroatoms. The van der Waals surface area contributed by atoms with Gasteiger partial charge >= 0.3 is 0 Å². The maximum absolute atomic E-state index is 13.9. The van der Waals surface area contributed by atoms with Gasteiger partial charge in [0.15, 0.2) is 11.5 Å². The van der Waals surface area contributed by atoms with E-state index in [1.165, 1.54) is 37.0 Å². The maximum atomic E-state index is 13.9. The number of piperazine rings is 1. The average molecular weight is 530 g/mol. The molecule has 0 saturated carbocycles.